The van der Waals surface area contributed by atoms with Crippen LogP contribution in [-0.4, -0.2) is 52.6 Å². The molecule has 0 aliphatic heterocycles. The third-order valence-electron chi connectivity index (χ3n) is 11.1. The second kappa shape index (κ2) is 19.4. The van der Waals surface area contributed by atoms with Crippen LogP contribution < -0.4 is 10.4 Å². The smallest absolute Gasteiger partial charge is 0.428 e. The van der Waals surface area contributed by atoms with Gasteiger partial charge in [-0.25, -0.2) is 29.1 Å². The van der Waals surface area contributed by atoms with E-state index in [0.717, 1.165) is 54.6 Å². The Morgan fingerprint density at radius 2 is 0.868 bits per heavy atom. The summed E-state index contributed by atoms with van der Waals surface area (Å²) >= 11 is 0. The molecule has 4 rings (SSSR count). The minimum absolute atomic E-state index is 0.256. The first-order chi connectivity index (χ1) is 25.5. The average molecular weight is 761 g/mol. The monoisotopic (exact) mass is 760 g/mol. The van der Waals surface area contributed by atoms with Crippen molar-refractivity contribution in [3.63, 3.8) is 0 Å². The van der Waals surface area contributed by atoms with Crippen molar-refractivity contribution in [1.82, 2.24) is 0 Å². The molecule has 0 heterocycles. The molecule has 2 aliphatic rings. The van der Waals surface area contributed by atoms with Crippen LogP contribution in [0.4, 0.5) is 9.59 Å². The molecular formula is C41H52O10Si2. The van der Waals surface area contributed by atoms with E-state index < -0.39 is 40.4 Å². The molecule has 284 valence electrons. The Labute approximate surface area is 314 Å². The van der Waals surface area contributed by atoms with Gasteiger partial charge < -0.3 is 9.47 Å². The van der Waals surface area contributed by atoms with Gasteiger partial charge in [-0.2, -0.15) is 9.59 Å². The van der Waals surface area contributed by atoms with Crippen molar-refractivity contribution in [3.05, 3.63) is 109 Å². The molecule has 2 fully saturated rings. The standard InChI is InChI=1S/C41H52O10Si2/c1-7-52(8-2,9-3)36-25-17-32(18-26-36)38(42)48-50-40(44)46-34-21-13-30(14-22-34)29-31-15-23-35(24-16-31)47-41(45)51-49-39(43)33-19-27-37(28-20-33)53(10-4,11-5)12-6/h7-8,10-11,17-20,25-28,30-31,34-35H,1-2,4-5,9,12-16,21-24,29H2,3,6H3. The van der Waals surface area contributed by atoms with Crippen molar-refractivity contribution in [2.75, 3.05) is 0 Å². The van der Waals surface area contributed by atoms with Crippen LogP contribution in [0.15, 0.2) is 97.6 Å². The van der Waals surface area contributed by atoms with E-state index in [0.29, 0.717) is 37.5 Å². The zero-order valence-corrected chi connectivity index (χ0v) is 32.9. The molecule has 0 radical (unpaired) electrons. The van der Waals surface area contributed by atoms with E-state index in [1.54, 1.807) is 24.3 Å². The Balaban J connectivity index is 1.09. The molecule has 12 heteroatoms. The first-order valence-electron chi connectivity index (χ1n) is 18.5. The lowest BCUT2D eigenvalue weighted by molar-refractivity contribution is -0.208. The van der Waals surface area contributed by atoms with Crippen LogP contribution in [0.1, 0.15) is 92.4 Å². The first-order valence-corrected chi connectivity index (χ1v) is 23.2. The Morgan fingerprint density at radius 3 is 1.15 bits per heavy atom. The fraction of sp³-hybridized carbons (Fsp3) is 0.415. The predicted octanol–water partition coefficient (Wildman–Crippen LogP) is 8.60. The van der Waals surface area contributed by atoms with Gasteiger partial charge in [0.05, 0.1) is 11.1 Å². The summed E-state index contributed by atoms with van der Waals surface area (Å²) in [6, 6.07) is 15.8. The summed E-state index contributed by atoms with van der Waals surface area (Å²) in [6.45, 7) is 20.1. The average Bonchev–Trinajstić information content (AvgIpc) is 3.20. The summed E-state index contributed by atoms with van der Waals surface area (Å²) < 4.78 is 10.8. The SMILES string of the molecule is C=C[Si](C=C)(CC)c1ccc(C(=O)OOC(=O)OC2CCC(CC3CCC(OC(=O)OOC(=O)c4ccc([Si](C=C)(C=C)CC)cc4)CC3)CC2)cc1. The molecule has 0 atom stereocenters. The van der Waals surface area contributed by atoms with Gasteiger partial charge in [0, 0.05) is 0 Å². The molecule has 2 aromatic carbocycles. The molecule has 0 unspecified atom stereocenters. The summed E-state index contributed by atoms with van der Waals surface area (Å²) in [5, 5.41) is 2.16. The molecule has 10 nitrogen and oxygen atoms in total. The van der Waals surface area contributed by atoms with Crippen molar-refractivity contribution >= 4 is 50.8 Å². The lowest BCUT2D eigenvalue weighted by atomic mass is 9.76. The third-order valence-corrected chi connectivity index (χ3v) is 19.2. The molecule has 0 bridgehead atoms. The van der Waals surface area contributed by atoms with Gasteiger partial charge in [0.25, 0.3) is 0 Å². The van der Waals surface area contributed by atoms with Crippen LogP contribution in [0.5, 0.6) is 0 Å². The van der Waals surface area contributed by atoms with E-state index in [9.17, 15) is 19.2 Å². The number of carbonyl (C=O) groups is 4. The molecule has 2 saturated carbocycles. The van der Waals surface area contributed by atoms with Gasteiger partial charge in [-0.1, -0.05) is 71.3 Å². The normalized spacial score (nSPS) is 20.1. The number of benzene rings is 2. The van der Waals surface area contributed by atoms with E-state index >= 15 is 0 Å². The number of rotatable bonds is 14. The lowest BCUT2D eigenvalue weighted by Crippen LogP contribution is -2.43. The van der Waals surface area contributed by atoms with Gasteiger partial charge in [-0.15, -0.1) is 26.3 Å². The lowest BCUT2D eigenvalue weighted by Gasteiger charge is -2.33. The minimum Gasteiger partial charge on any atom is -0.428 e. The number of hydrogen-bond donors (Lipinski definition) is 0. The highest BCUT2D eigenvalue weighted by atomic mass is 28.3. The summed E-state index contributed by atoms with van der Waals surface area (Å²) in [5.41, 5.74) is 8.35. The van der Waals surface area contributed by atoms with Gasteiger partial charge in [-0.05, 0) is 106 Å². The second-order valence-corrected chi connectivity index (χ2v) is 22.3. The van der Waals surface area contributed by atoms with Crippen LogP contribution in [0, 0.1) is 11.8 Å². The molecule has 53 heavy (non-hydrogen) atoms. The van der Waals surface area contributed by atoms with E-state index in [-0.39, 0.29) is 23.3 Å². The highest BCUT2D eigenvalue weighted by Gasteiger charge is 2.31. The van der Waals surface area contributed by atoms with Crippen LogP contribution in [0.25, 0.3) is 0 Å². The molecule has 0 amide bonds. The fourth-order valence-electron chi connectivity index (χ4n) is 7.45. The molecule has 2 aromatic rings. The Bertz CT molecular complexity index is 1470. The highest BCUT2D eigenvalue weighted by Crippen LogP contribution is 2.37. The molecule has 0 spiro atoms. The van der Waals surface area contributed by atoms with Gasteiger partial charge in [0.2, 0.25) is 0 Å². The van der Waals surface area contributed by atoms with Gasteiger partial charge in [-0.3, -0.25) is 0 Å². The molecule has 2 aliphatic carbocycles. The highest BCUT2D eigenvalue weighted by molar-refractivity contribution is 7.00. The first kappa shape index (κ1) is 41.1. The second-order valence-electron chi connectivity index (χ2n) is 13.9. The molecule has 0 N–H and O–H groups in total. The predicted molar refractivity (Wildman–Crippen MR) is 207 cm³/mol. The number of ether oxygens (including phenoxy) is 2. The maximum Gasteiger partial charge on any atom is 0.550 e. The van der Waals surface area contributed by atoms with Crippen LogP contribution >= 0.6 is 0 Å². The van der Waals surface area contributed by atoms with Crippen molar-refractivity contribution < 1.29 is 48.2 Å². The summed E-state index contributed by atoms with van der Waals surface area (Å²) in [4.78, 5) is 68.2. The summed E-state index contributed by atoms with van der Waals surface area (Å²) in [7, 11) is -4.05. The topological polar surface area (TPSA) is 124 Å². The minimum atomic E-state index is -2.03. The summed E-state index contributed by atoms with van der Waals surface area (Å²) in [5.74, 6) is -0.570. The quantitative estimate of drug-likeness (QED) is 0.0801. The largest absolute Gasteiger partial charge is 0.550 e. The maximum atomic E-state index is 12.4. The Kier molecular flexibility index (Phi) is 15.0. The van der Waals surface area contributed by atoms with E-state index in [2.05, 4.69) is 49.9 Å². The van der Waals surface area contributed by atoms with Crippen LogP contribution in [0.2, 0.25) is 12.1 Å². The Morgan fingerprint density at radius 1 is 0.547 bits per heavy atom. The van der Waals surface area contributed by atoms with Crippen molar-refractivity contribution in [3.8, 4) is 0 Å². The van der Waals surface area contributed by atoms with E-state index in [1.807, 2.05) is 47.1 Å². The maximum absolute atomic E-state index is 12.4. The molecule has 0 saturated heterocycles. The Hall–Kier alpha value is -4.69. The third kappa shape index (κ3) is 10.7. The van der Waals surface area contributed by atoms with Gasteiger partial charge >= 0.3 is 24.2 Å². The van der Waals surface area contributed by atoms with Crippen LogP contribution in [-0.2, 0) is 29.0 Å². The van der Waals surface area contributed by atoms with Gasteiger partial charge in [0.15, 0.2) is 0 Å². The van der Waals surface area contributed by atoms with E-state index in [4.69, 9.17) is 19.2 Å². The molecular weight excluding hydrogens is 709 g/mol. The number of carbonyl (C=O) groups excluding carboxylic acids is 4. The zero-order chi connectivity index (χ0) is 38.4. The van der Waals surface area contributed by atoms with Crippen molar-refractivity contribution in [1.29, 1.82) is 0 Å². The fourth-order valence-corrected chi connectivity index (χ4v) is 12.3. The zero-order valence-electron chi connectivity index (χ0n) is 30.9. The van der Waals surface area contributed by atoms with Gasteiger partial charge in [0.1, 0.15) is 28.4 Å². The summed E-state index contributed by atoms with van der Waals surface area (Å²) in [6.07, 6.45) is 4.78. The molecule has 0 aromatic heterocycles. The van der Waals surface area contributed by atoms with Crippen molar-refractivity contribution in [2.24, 2.45) is 11.8 Å². The number of hydrogen-bond acceptors (Lipinski definition) is 10. The van der Waals surface area contributed by atoms with Crippen molar-refractivity contribution in [2.45, 2.75) is 95.9 Å². The van der Waals surface area contributed by atoms with Crippen LogP contribution in [0.3, 0.4) is 0 Å². The van der Waals surface area contributed by atoms with E-state index in [1.165, 1.54) is 0 Å².